The molecule has 0 atom stereocenters. The van der Waals surface area contributed by atoms with Crippen molar-refractivity contribution in [3.63, 3.8) is 0 Å². The maximum Gasteiger partial charge on any atom is 0.336 e. The number of carbonyl (C=O) groups excluding carboxylic acids is 1. The van der Waals surface area contributed by atoms with E-state index in [-0.39, 0.29) is 13.2 Å². The van der Waals surface area contributed by atoms with E-state index in [9.17, 15) is 9.59 Å². The molecule has 0 bridgehead atoms. The number of hydrogen-bond acceptors (Lipinski definition) is 5. The fraction of sp³-hybridized carbons (Fsp3) is 0.278. The number of esters is 1. The molecular formula is C18H16N2O4. The van der Waals surface area contributed by atoms with Crippen LogP contribution < -0.4 is 5.63 Å². The lowest BCUT2D eigenvalue weighted by Crippen LogP contribution is -2.14. The summed E-state index contributed by atoms with van der Waals surface area (Å²) in [7, 11) is 0. The molecule has 0 saturated carbocycles. The van der Waals surface area contributed by atoms with Gasteiger partial charge in [-0.3, -0.25) is 9.48 Å². The monoisotopic (exact) mass is 324 g/mol. The lowest BCUT2D eigenvalue weighted by Gasteiger charge is -2.09. The highest BCUT2D eigenvalue weighted by Crippen LogP contribution is 2.28. The first-order valence-electron chi connectivity index (χ1n) is 7.90. The Labute approximate surface area is 137 Å². The van der Waals surface area contributed by atoms with E-state index in [1.807, 2.05) is 6.07 Å². The number of carbonyl (C=O) groups is 1. The molecule has 2 aromatic heterocycles. The van der Waals surface area contributed by atoms with Crippen molar-refractivity contribution in [3.8, 4) is 0 Å². The molecule has 0 amide bonds. The number of fused-ring (bicyclic) bond motifs is 2. The Morgan fingerprint density at radius 1 is 1.25 bits per heavy atom. The molecule has 0 N–H and O–H groups in total. The van der Waals surface area contributed by atoms with Crippen LogP contribution in [0, 0.1) is 0 Å². The molecule has 0 fully saturated rings. The molecule has 0 spiro atoms. The summed E-state index contributed by atoms with van der Waals surface area (Å²) in [5, 5.41) is 4.80. The van der Waals surface area contributed by atoms with Crippen molar-refractivity contribution in [2.24, 2.45) is 0 Å². The molecule has 0 saturated heterocycles. The maximum atomic E-state index is 11.9. The highest BCUT2D eigenvalue weighted by atomic mass is 16.5. The van der Waals surface area contributed by atoms with Crippen LogP contribution in [0.5, 0.6) is 0 Å². The Morgan fingerprint density at radius 3 is 2.88 bits per heavy atom. The smallest absolute Gasteiger partial charge is 0.336 e. The summed E-state index contributed by atoms with van der Waals surface area (Å²) in [6.07, 6.45) is 6.45. The van der Waals surface area contributed by atoms with Crippen LogP contribution >= 0.6 is 0 Å². The van der Waals surface area contributed by atoms with E-state index in [2.05, 4.69) is 11.2 Å². The molecule has 6 heteroatoms. The van der Waals surface area contributed by atoms with Crippen molar-refractivity contribution in [1.29, 1.82) is 0 Å². The molecule has 122 valence electrons. The van der Waals surface area contributed by atoms with Gasteiger partial charge in [-0.2, -0.15) is 5.10 Å². The summed E-state index contributed by atoms with van der Waals surface area (Å²) in [4.78, 5) is 23.7. The molecule has 6 nitrogen and oxygen atoms in total. The number of hydrogen-bond donors (Lipinski definition) is 0. The van der Waals surface area contributed by atoms with E-state index in [0.29, 0.717) is 11.1 Å². The lowest BCUT2D eigenvalue weighted by atomic mass is 10.0. The third-order valence-electron chi connectivity index (χ3n) is 4.28. The van der Waals surface area contributed by atoms with Crippen LogP contribution in [0.1, 0.15) is 23.1 Å². The molecule has 24 heavy (non-hydrogen) atoms. The quantitative estimate of drug-likeness (QED) is 0.543. The fourth-order valence-electron chi connectivity index (χ4n) is 3.14. The highest BCUT2D eigenvalue weighted by Gasteiger charge is 2.16. The SMILES string of the molecule is O=C(Cn1cccn1)OCc1cc(=O)oc2cc3c(cc12)CCC3. The van der Waals surface area contributed by atoms with Crippen LogP contribution in [0.2, 0.25) is 0 Å². The molecule has 3 aromatic rings. The molecule has 0 unspecified atom stereocenters. The van der Waals surface area contributed by atoms with Crippen molar-refractivity contribution in [3.05, 3.63) is 63.8 Å². The summed E-state index contributed by atoms with van der Waals surface area (Å²) >= 11 is 0. The molecule has 0 aliphatic heterocycles. The Kier molecular flexibility index (Phi) is 3.65. The number of ether oxygens (including phenoxy) is 1. The average molecular weight is 324 g/mol. The first-order chi connectivity index (χ1) is 11.7. The van der Waals surface area contributed by atoms with E-state index in [1.54, 1.807) is 18.5 Å². The number of aromatic nitrogens is 2. The van der Waals surface area contributed by atoms with Crippen LogP contribution in [0.4, 0.5) is 0 Å². The number of benzene rings is 1. The third-order valence-corrected chi connectivity index (χ3v) is 4.28. The molecule has 1 aromatic carbocycles. The number of aryl methyl sites for hydroxylation is 2. The van der Waals surface area contributed by atoms with Gasteiger partial charge in [0.15, 0.2) is 0 Å². The first-order valence-corrected chi connectivity index (χ1v) is 7.90. The lowest BCUT2D eigenvalue weighted by molar-refractivity contribution is -0.145. The van der Waals surface area contributed by atoms with E-state index in [0.717, 1.165) is 24.6 Å². The maximum absolute atomic E-state index is 11.9. The summed E-state index contributed by atoms with van der Waals surface area (Å²) in [5.74, 6) is -0.402. The van der Waals surface area contributed by atoms with Crippen LogP contribution in [-0.2, 0) is 35.5 Å². The van der Waals surface area contributed by atoms with Crippen molar-refractivity contribution >= 4 is 16.9 Å². The normalized spacial score (nSPS) is 13.2. The van der Waals surface area contributed by atoms with Crippen molar-refractivity contribution in [2.45, 2.75) is 32.4 Å². The van der Waals surface area contributed by atoms with Crippen molar-refractivity contribution in [1.82, 2.24) is 9.78 Å². The topological polar surface area (TPSA) is 74.3 Å². The summed E-state index contributed by atoms with van der Waals surface area (Å²) in [6, 6.07) is 7.13. The summed E-state index contributed by atoms with van der Waals surface area (Å²) < 4.78 is 12.1. The zero-order chi connectivity index (χ0) is 16.5. The number of rotatable bonds is 4. The Hall–Kier alpha value is -2.89. The second-order valence-electron chi connectivity index (χ2n) is 5.93. The second-order valence-corrected chi connectivity index (χ2v) is 5.93. The highest BCUT2D eigenvalue weighted by molar-refractivity contribution is 5.82. The molecule has 2 heterocycles. The van der Waals surface area contributed by atoms with Gasteiger partial charge in [0.25, 0.3) is 0 Å². The zero-order valence-corrected chi connectivity index (χ0v) is 13.0. The average Bonchev–Trinajstić information content (AvgIpc) is 3.21. The van der Waals surface area contributed by atoms with Gasteiger partial charge in [-0.05, 0) is 48.6 Å². The standard InChI is InChI=1S/C18H16N2O4/c21-17-9-14(11-23-18(22)10-20-6-2-5-19-20)15-7-12-3-1-4-13(12)8-16(15)24-17/h2,5-9H,1,3-4,10-11H2. The van der Waals surface area contributed by atoms with Gasteiger partial charge in [0.1, 0.15) is 18.7 Å². The van der Waals surface area contributed by atoms with Crippen LogP contribution in [-0.4, -0.2) is 15.7 Å². The molecule has 4 rings (SSSR count). The van der Waals surface area contributed by atoms with E-state index < -0.39 is 11.6 Å². The van der Waals surface area contributed by atoms with Gasteiger partial charge in [0.2, 0.25) is 0 Å². The second kappa shape index (κ2) is 5.96. The van der Waals surface area contributed by atoms with Gasteiger partial charge in [0.05, 0.1) is 0 Å². The third kappa shape index (κ3) is 2.82. The predicted octanol–water partition coefficient (Wildman–Crippen LogP) is 2.22. The summed E-state index contributed by atoms with van der Waals surface area (Å²) in [5.41, 5.74) is 3.31. The van der Waals surface area contributed by atoms with E-state index >= 15 is 0 Å². The van der Waals surface area contributed by atoms with E-state index in [4.69, 9.17) is 9.15 Å². The predicted molar refractivity (Wildman–Crippen MR) is 86.5 cm³/mol. The molecule has 0 radical (unpaired) electrons. The van der Waals surface area contributed by atoms with Crippen LogP contribution in [0.15, 0.2) is 45.9 Å². The zero-order valence-electron chi connectivity index (χ0n) is 13.0. The van der Waals surface area contributed by atoms with Gasteiger partial charge >= 0.3 is 11.6 Å². The van der Waals surface area contributed by atoms with Gasteiger partial charge in [0, 0.05) is 29.4 Å². The van der Waals surface area contributed by atoms with Gasteiger partial charge in [-0.15, -0.1) is 0 Å². The minimum Gasteiger partial charge on any atom is -0.459 e. The van der Waals surface area contributed by atoms with Gasteiger partial charge in [-0.25, -0.2) is 4.79 Å². The molecular weight excluding hydrogens is 308 g/mol. The number of nitrogens with zero attached hydrogens (tertiary/aromatic N) is 2. The van der Waals surface area contributed by atoms with E-state index in [1.165, 1.54) is 21.9 Å². The molecule has 1 aliphatic carbocycles. The summed E-state index contributed by atoms with van der Waals surface area (Å²) in [6.45, 7) is 0.0861. The Morgan fingerprint density at radius 2 is 2.08 bits per heavy atom. The Bertz CT molecular complexity index is 957. The molecule has 1 aliphatic rings. The largest absolute Gasteiger partial charge is 0.459 e. The van der Waals surface area contributed by atoms with Crippen LogP contribution in [0.3, 0.4) is 0 Å². The first kappa shape index (κ1) is 14.7. The fourth-order valence-corrected chi connectivity index (χ4v) is 3.14. The van der Waals surface area contributed by atoms with Gasteiger partial charge < -0.3 is 9.15 Å². The minimum atomic E-state index is -0.432. The van der Waals surface area contributed by atoms with Crippen LogP contribution in [0.25, 0.3) is 11.0 Å². The van der Waals surface area contributed by atoms with Gasteiger partial charge in [-0.1, -0.05) is 0 Å². The minimum absolute atomic E-state index is 0.0426. The van der Waals surface area contributed by atoms with Crippen molar-refractivity contribution in [2.75, 3.05) is 0 Å². The Balaban J connectivity index is 1.59. The van der Waals surface area contributed by atoms with Crippen molar-refractivity contribution < 1.29 is 13.9 Å².